The van der Waals surface area contributed by atoms with Crippen molar-refractivity contribution >= 4 is 23.2 Å². The number of aromatic nitrogens is 1. The largest absolute Gasteiger partial charge is 0.481 e. The lowest BCUT2D eigenvalue weighted by atomic mass is 9.97. The maximum Gasteiger partial charge on any atom is 0.303 e. The van der Waals surface area contributed by atoms with Gasteiger partial charge in [-0.3, -0.25) is 15.1 Å². The Hall–Kier alpha value is -3.66. The summed E-state index contributed by atoms with van der Waals surface area (Å²) in [6.07, 6.45) is 11.1. The molecule has 1 saturated carbocycles. The molecule has 0 unspecified atom stereocenters. The topological polar surface area (TPSA) is 102 Å². The molecule has 30 heavy (non-hydrogen) atoms. The van der Waals surface area contributed by atoms with Gasteiger partial charge >= 0.3 is 5.97 Å². The fraction of sp³-hybridized carbons (Fsp3) is 0.304. The van der Waals surface area contributed by atoms with Crippen LogP contribution >= 0.6 is 0 Å². The highest BCUT2D eigenvalue weighted by atomic mass is 16.4. The highest BCUT2D eigenvalue weighted by Gasteiger charge is 2.22. The molecule has 7 nitrogen and oxygen atoms in total. The number of allylic oxidation sites excluding steroid dienone is 1. The quantitative estimate of drug-likeness (QED) is 0.229. The van der Waals surface area contributed by atoms with Crippen LogP contribution in [0.5, 0.6) is 0 Å². The third kappa shape index (κ3) is 5.92. The van der Waals surface area contributed by atoms with E-state index in [9.17, 15) is 4.79 Å². The molecule has 1 heterocycles. The molecule has 7 heteroatoms. The summed E-state index contributed by atoms with van der Waals surface area (Å²) >= 11 is 0. The Bertz CT molecular complexity index is 957. The SMILES string of the molecule is CN(C(=NC1CC1)NC#N)c1ccc(/C(=C/CCCC(=O)O)c2cccnc2)cc1. The van der Waals surface area contributed by atoms with Crippen molar-refractivity contribution < 1.29 is 9.90 Å². The molecule has 3 rings (SSSR count). The van der Waals surface area contributed by atoms with Gasteiger partial charge in [0.2, 0.25) is 5.96 Å². The standard InChI is InChI=1S/C23H25N5O2/c1-28(23(26-16-24)27-19-10-11-19)20-12-8-17(9-13-20)21(6-2-3-7-22(29)30)18-5-4-14-25-15-18/h4-6,8-9,12-15,19H,2-3,7,10-11H2,1H3,(H,26,27)(H,29,30)/b21-6-. The number of nitrogens with zero attached hydrogens (tertiary/aromatic N) is 4. The molecular weight excluding hydrogens is 378 g/mol. The zero-order valence-corrected chi connectivity index (χ0v) is 17.0. The van der Waals surface area contributed by atoms with E-state index in [2.05, 4.69) is 21.4 Å². The lowest BCUT2D eigenvalue weighted by Gasteiger charge is -2.20. The van der Waals surface area contributed by atoms with Crippen LogP contribution in [0.1, 0.15) is 43.2 Å². The summed E-state index contributed by atoms with van der Waals surface area (Å²) in [4.78, 5) is 21.4. The van der Waals surface area contributed by atoms with Gasteiger partial charge in [0.15, 0.2) is 6.19 Å². The second kappa shape index (κ2) is 10.2. The van der Waals surface area contributed by atoms with Gasteiger partial charge in [0.25, 0.3) is 0 Å². The summed E-state index contributed by atoms with van der Waals surface area (Å²) in [6.45, 7) is 0. The van der Waals surface area contributed by atoms with Crippen LogP contribution in [0.4, 0.5) is 5.69 Å². The maximum atomic E-state index is 10.8. The lowest BCUT2D eigenvalue weighted by molar-refractivity contribution is -0.137. The number of anilines is 1. The predicted molar refractivity (Wildman–Crippen MR) is 117 cm³/mol. The van der Waals surface area contributed by atoms with E-state index < -0.39 is 5.97 Å². The van der Waals surface area contributed by atoms with Crippen molar-refractivity contribution in [2.75, 3.05) is 11.9 Å². The van der Waals surface area contributed by atoms with E-state index in [1.807, 2.05) is 54.5 Å². The number of rotatable bonds is 8. The number of hydrogen-bond acceptors (Lipinski definition) is 4. The molecular formula is C23H25N5O2. The first-order chi connectivity index (χ1) is 14.6. The van der Waals surface area contributed by atoms with E-state index >= 15 is 0 Å². The number of carbonyl (C=O) groups is 1. The number of carboxylic acids is 1. The number of pyridine rings is 1. The number of benzene rings is 1. The van der Waals surface area contributed by atoms with Gasteiger partial charge in [-0.25, -0.2) is 4.99 Å². The molecule has 2 N–H and O–H groups in total. The Balaban J connectivity index is 1.82. The second-order valence-electron chi connectivity index (χ2n) is 7.17. The normalized spacial score (nSPS) is 14.1. The van der Waals surface area contributed by atoms with Gasteiger partial charge in [0, 0.05) is 37.1 Å². The van der Waals surface area contributed by atoms with Gasteiger partial charge in [-0.15, -0.1) is 0 Å². The summed E-state index contributed by atoms with van der Waals surface area (Å²) < 4.78 is 0. The zero-order valence-electron chi connectivity index (χ0n) is 17.0. The number of aliphatic imine (C=N–C) groups is 1. The third-order valence-electron chi connectivity index (χ3n) is 4.82. The molecule has 1 aliphatic carbocycles. The number of aliphatic carboxylic acids is 1. The van der Waals surface area contributed by atoms with Crippen LogP contribution in [0.25, 0.3) is 5.57 Å². The number of nitrogens with one attached hydrogen (secondary N) is 1. The molecule has 0 bridgehead atoms. The Kier molecular flexibility index (Phi) is 7.17. The van der Waals surface area contributed by atoms with Crippen molar-refractivity contribution in [3.63, 3.8) is 0 Å². The molecule has 1 aromatic heterocycles. The smallest absolute Gasteiger partial charge is 0.303 e. The first kappa shape index (κ1) is 21.1. The molecule has 0 aliphatic heterocycles. The summed E-state index contributed by atoms with van der Waals surface area (Å²) in [5, 5.41) is 20.6. The highest BCUT2D eigenvalue weighted by Crippen LogP contribution is 2.27. The molecule has 154 valence electrons. The Morgan fingerprint density at radius 1 is 1.33 bits per heavy atom. The number of carboxylic acid groups (broad SMARTS) is 1. The summed E-state index contributed by atoms with van der Waals surface area (Å²) in [7, 11) is 1.88. The van der Waals surface area contributed by atoms with Gasteiger partial charge in [0.1, 0.15) is 0 Å². The van der Waals surface area contributed by atoms with E-state index in [0.29, 0.717) is 24.8 Å². The van der Waals surface area contributed by atoms with Crippen molar-refractivity contribution in [1.29, 1.82) is 5.26 Å². The van der Waals surface area contributed by atoms with Crippen LogP contribution < -0.4 is 10.2 Å². The minimum Gasteiger partial charge on any atom is -0.481 e. The first-order valence-electron chi connectivity index (χ1n) is 9.98. The molecule has 0 amide bonds. The molecule has 1 fully saturated rings. The summed E-state index contributed by atoms with van der Waals surface area (Å²) in [5.74, 6) is -0.238. The summed E-state index contributed by atoms with van der Waals surface area (Å²) in [6, 6.07) is 12.2. The Labute approximate surface area is 176 Å². The molecule has 1 aliphatic rings. The highest BCUT2D eigenvalue weighted by molar-refractivity contribution is 5.97. The lowest BCUT2D eigenvalue weighted by Crippen LogP contribution is -2.36. The number of hydrogen-bond donors (Lipinski definition) is 2. The van der Waals surface area contributed by atoms with Crippen LogP contribution in [-0.2, 0) is 4.79 Å². The van der Waals surface area contributed by atoms with Gasteiger partial charge < -0.3 is 10.0 Å². The monoisotopic (exact) mass is 403 g/mol. The third-order valence-corrected chi connectivity index (χ3v) is 4.82. The number of nitriles is 1. The van der Waals surface area contributed by atoms with Crippen LogP contribution in [0.3, 0.4) is 0 Å². The minimum absolute atomic E-state index is 0.148. The first-order valence-corrected chi connectivity index (χ1v) is 9.98. The summed E-state index contributed by atoms with van der Waals surface area (Å²) in [5.41, 5.74) is 3.93. The Morgan fingerprint density at radius 2 is 2.10 bits per heavy atom. The average molecular weight is 403 g/mol. The van der Waals surface area contributed by atoms with Crippen molar-refractivity contribution in [2.45, 2.75) is 38.1 Å². The second-order valence-corrected chi connectivity index (χ2v) is 7.17. The van der Waals surface area contributed by atoms with E-state index in [1.165, 1.54) is 0 Å². The van der Waals surface area contributed by atoms with Crippen LogP contribution in [-0.4, -0.2) is 35.1 Å². The van der Waals surface area contributed by atoms with Crippen molar-refractivity contribution in [2.24, 2.45) is 4.99 Å². The van der Waals surface area contributed by atoms with Crippen molar-refractivity contribution in [3.8, 4) is 6.19 Å². The number of unbranched alkanes of at least 4 members (excludes halogenated alkanes) is 1. The zero-order chi connectivity index (χ0) is 21.3. The minimum atomic E-state index is -0.784. The van der Waals surface area contributed by atoms with Gasteiger partial charge in [-0.2, -0.15) is 5.26 Å². The fourth-order valence-electron chi connectivity index (χ4n) is 3.04. The maximum absolute atomic E-state index is 10.8. The molecule has 0 spiro atoms. The van der Waals surface area contributed by atoms with Gasteiger partial charge in [-0.1, -0.05) is 24.3 Å². The van der Waals surface area contributed by atoms with E-state index in [4.69, 9.17) is 10.4 Å². The van der Waals surface area contributed by atoms with Crippen LogP contribution in [0, 0.1) is 11.5 Å². The average Bonchev–Trinajstić information content (AvgIpc) is 3.58. The molecule has 2 aromatic rings. The van der Waals surface area contributed by atoms with Gasteiger partial charge in [0.05, 0.1) is 6.04 Å². The van der Waals surface area contributed by atoms with Crippen molar-refractivity contribution in [3.05, 3.63) is 66.0 Å². The van der Waals surface area contributed by atoms with Crippen molar-refractivity contribution in [1.82, 2.24) is 10.3 Å². The molecule has 1 aromatic carbocycles. The van der Waals surface area contributed by atoms with Gasteiger partial charge in [-0.05, 0) is 55.0 Å². The van der Waals surface area contributed by atoms with Crippen LogP contribution in [0.15, 0.2) is 59.9 Å². The predicted octanol–water partition coefficient (Wildman–Crippen LogP) is 3.79. The van der Waals surface area contributed by atoms with E-state index in [1.54, 1.807) is 12.4 Å². The Morgan fingerprint density at radius 3 is 2.70 bits per heavy atom. The number of guanidine groups is 1. The molecule has 0 saturated heterocycles. The van der Waals surface area contributed by atoms with Crippen LogP contribution in [0.2, 0.25) is 0 Å². The van der Waals surface area contributed by atoms with E-state index in [-0.39, 0.29) is 6.42 Å². The fourth-order valence-corrected chi connectivity index (χ4v) is 3.04. The van der Waals surface area contributed by atoms with E-state index in [0.717, 1.165) is 35.2 Å². The molecule has 0 radical (unpaired) electrons. The molecule has 0 atom stereocenters.